The Hall–Kier alpha value is -0.560. The molecule has 0 aliphatic carbocycles. The van der Waals surface area contributed by atoms with Crippen LogP contribution in [0, 0.1) is 17.8 Å². The molecule has 0 saturated heterocycles. The third-order valence-electron chi connectivity index (χ3n) is 3.77. The summed E-state index contributed by atoms with van der Waals surface area (Å²) in [5.74, 6) is 2.10. The third-order valence-corrected chi connectivity index (χ3v) is 3.77. The molecule has 0 aromatic carbocycles. The van der Waals surface area contributed by atoms with Crippen molar-refractivity contribution in [2.24, 2.45) is 17.8 Å². The van der Waals surface area contributed by atoms with Crippen molar-refractivity contribution in [3.05, 3.63) is 24.3 Å². The van der Waals surface area contributed by atoms with Crippen molar-refractivity contribution in [1.82, 2.24) is 0 Å². The molecule has 1 nitrogen and oxygen atoms in total. The Morgan fingerprint density at radius 2 is 1.78 bits per heavy atom. The standard InChI is InChI=1S/C17H32O/c1-6-9-15(4)17(12-8-13-18)16(5)11-7-10-14(2)3/h6,9,14,16-18H,1,7-8,10-13H2,2-5H3/b15-9+/t16-,17+/m1/s1. The van der Waals surface area contributed by atoms with E-state index in [1.807, 2.05) is 6.08 Å². The summed E-state index contributed by atoms with van der Waals surface area (Å²) in [6.07, 6.45) is 9.92. The average Bonchev–Trinajstić information content (AvgIpc) is 2.29. The fourth-order valence-electron chi connectivity index (χ4n) is 2.63. The molecule has 0 radical (unpaired) electrons. The summed E-state index contributed by atoms with van der Waals surface area (Å²) in [5, 5.41) is 9.02. The maximum Gasteiger partial charge on any atom is 0.0431 e. The van der Waals surface area contributed by atoms with Crippen molar-refractivity contribution in [3.63, 3.8) is 0 Å². The summed E-state index contributed by atoms with van der Waals surface area (Å²) in [6.45, 7) is 13.2. The minimum atomic E-state index is 0.302. The summed E-state index contributed by atoms with van der Waals surface area (Å²) < 4.78 is 0. The predicted molar refractivity (Wildman–Crippen MR) is 81.6 cm³/mol. The van der Waals surface area contributed by atoms with Gasteiger partial charge in [-0.3, -0.25) is 0 Å². The summed E-state index contributed by atoms with van der Waals surface area (Å²) in [7, 11) is 0. The van der Waals surface area contributed by atoms with Gasteiger partial charge in [-0.25, -0.2) is 0 Å². The molecule has 0 aromatic rings. The van der Waals surface area contributed by atoms with Gasteiger partial charge in [0, 0.05) is 6.61 Å². The molecule has 1 heteroatoms. The molecule has 0 bridgehead atoms. The minimum absolute atomic E-state index is 0.302. The van der Waals surface area contributed by atoms with Gasteiger partial charge in [-0.05, 0) is 37.5 Å². The number of aliphatic hydroxyl groups is 1. The van der Waals surface area contributed by atoms with Crippen LogP contribution in [0.4, 0.5) is 0 Å². The molecule has 0 amide bonds. The molecule has 0 fully saturated rings. The van der Waals surface area contributed by atoms with E-state index < -0.39 is 0 Å². The van der Waals surface area contributed by atoms with Gasteiger partial charge in [-0.15, -0.1) is 0 Å². The Labute approximate surface area is 114 Å². The summed E-state index contributed by atoms with van der Waals surface area (Å²) in [6, 6.07) is 0. The van der Waals surface area contributed by atoms with Gasteiger partial charge >= 0.3 is 0 Å². The van der Waals surface area contributed by atoms with E-state index in [1.165, 1.54) is 24.8 Å². The van der Waals surface area contributed by atoms with Gasteiger partial charge in [-0.1, -0.05) is 64.3 Å². The first-order valence-electron chi connectivity index (χ1n) is 7.43. The van der Waals surface area contributed by atoms with E-state index in [9.17, 15) is 0 Å². The summed E-state index contributed by atoms with van der Waals surface area (Å²) >= 11 is 0. The molecule has 1 N–H and O–H groups in total. The monoisotopic (exact) mass is 252 g/mol. The Balaban J connectivity index is 4.34. The van der Waals surface area contributed by atoms with Crippen LogP contribution in [0.3, 0.4) is 0 Å². The molecule has 0 unspecified atom stereocenters. The third kappa shape index (κ3) is 7.71. The van der Waals surface area contributed by atoms with Crippen molar-refractivity contribution in [1.29, 1.82) is 0 Å². The zero-order valence-corrected chi connectivity index (χ0v) is 12.8. The van der Waals surface area contributed by atoms with Crippen LogP contribution < -0.4 is 0 Å². The molecular weight excluding hydrogens is 220 g/mol. The highest BCUT2D eigenvalue weighted by Gasteiger charge is 2.18. The molecule has 0 aromatic heterocycles. The van der Waals surface area contributed by atoms with E-state index in [0.29, 0.717) is 18.4 Å². The number of hydrogen-bond donors (Lipinski definition) is 1. The van der Waals surface area contributed by atoms with Crippen LogP contribution in [0.5, 0.6) is 0 Å². The van der Waals surface area contributed by atoms with Crippen LogP contribution in [-0.4, -0.2) is 11.7 Å². The Kier molecular flexibility index (Phi) is 10.0. The number of aliphatic hydroxyl groups excluding tert-OH is 1. The largest absolute Gasteiger partial charge is 0.396 e. The Morgan fingerprint density at radius 1 is 1.11 bits per heavy atom. The molecule has 0 spiro atoms. The fraction of sp³-hybridized carbons (Fsp3) is 0.765. The topological polar surface area (TPSA) is 20.2 Å². The lowest BCUT2D eigenvalue weighted by molar-refractivity contribution is 0.257. The van der Waals surface area contributed by atoms with E-state index in [-0.39, 0.29) is 0 Å². The molecule has 18 heavy (non-hydrogen) atoms. The van der Waals surface area contributed by atoms with E-state index in [1.54, 1.807) is 0 Å². The first-order chi connectivity index (χ1) is 8.52. The van der Waals surface area contributed by atoms with Gasteiger partial charge in [0.1, 0.15) is 0 Å². The second-order valence-electron chi connectivity index (χ2n) is 5.92. The smallest absolute Gasteiger partial charge is 0.0431 e. The van der Waals surface area contributed by atoms with Crippen molar-refractivity contribution in [3.8, 4) is 0 Å². The maximum atomic E-state index is 9.02. The van der Waals surface area contributed by atoms with Gasteiger partial charge in [0.15, 0.2) is 0 Å². The van der Waals surface area contributed by atoms with Crippen molar-refractivity contribution in [2.45, 2.75) is 59.8 Å². The minimum Gasteiger partial charge on any atom is -0.396 e. The zero-order chi connectivity index (χ0) is 14.0. The van der Waals surface area contributed by atoms with Gasteiger partial charge in [-0.2, -0.15) is 0 Å². The van der Waals surface area contributed by atoms with E-state index in [2.05, 4.69) is 40.3 Å². The lowest BCUT2D eigenvalue weighted by Crippen LogP contribution is -2.14. The molecule has 0 rings (SSSR count). The summed E-state index contributed by atoms with van der Waals surface area (Å²) in [5.41, 5.74) is 1.41. The lowest BCUT2D eigenvalue weighted by Gasteiger charge is -2.25. The van der Waals surface area contributed by atoms with Crippen LogP contribution in [0.2, 0.25) is 0 Å². The van der Waals surface area contributed by atoms with Gasteiger partial charge in [0.2, 0.25) is 0 Å². The highest BCUT2D eigenvalue weighted by Crippen LogP contribution is 2.29. The van der Waals surface area contributed by atoms with Gasteiger partial charge < -0.3 is 5.11 Å². The average molecular weight is 252 g/mol. The lowest BCUT2D eigenvalue weighted by atomic mass is 9.81. The van der Waals surface area contributed by atoms with Gasteiger partial charge in [0.25, 0.3) is 0 Å². The number of rotatable bonds is 10. The highest BCUT2D eigenvalue weighted by atomic mass is 16.2. The summed E-state index contributed by atoms with van der Waals surface area (Å²) in [4.78, 5) is 0. The number of hydrogen-bond acceptors (Lipinski definition) is 1. The van der Waals surface area contributed by atoms with Crippen LogP contribution in [0.1, 0.15) is 59.8 Å². The predicted octanol–water partition coefficient (Wildman–Crippen LogP) is 4.97. The Bertz CT molecular complexity index is 240. The molecule has 0 aliphatic rings. The Morgan fingerprint density at radius 3 is 2.28 bits per heavy atom. The van der Waals surface area contributed by atoms with E-state index >= 15 is 0 Å². The molecule has 2 atom stereocenters. The first kappa shape index (κ1) is 17.4. The quantitative estimate of drug-likeness (QED) is 0.544. The maximum absolute atomic E-state index is 9.02. The molecule has 106 valence electrons. The molecule has 0 saturated carbocycles. The molecule has 0 aliphatic heterocycles. The highest BCUT2D eigenvalue weighted by molar-refractivity contribution is 5.12. The number of allylic oxidation sites excluding steroid dienone is 3. The van der Waals surface area contributed by atoms with Crippen molar-refractivity contribution < 1.29 is 5.11 Å². The fourth-order valence-corrected chi connectivity index (χ4v) is 2.63. The molecular formula is C17H32O. The molecule has 0 heterocycles. The van der Waals surface area contributed by atoms with E-state index in [4.69, 9.17) is 5.11 Å². The SMILES string of the molecule is C=C/C=C(\C)[C@H](CCCO)[C@H](C)CCCC(C)C. The van der Waals surface area contributed by atoms with Crippen LogP contribution in [0.25, 0.3) is 0 Å². The van der Waals surface area contributed by atoms with Crippen LogP contribution in [-0.2, 0) is 0 Å². The van der Waals surface area contributed by atoms with Crippen LogP contribution in [0.15, 0.2) is 24.3 Å². The first-order valence-corrected chi connectivity index (χ1v) is 7.43. The van der Waals surface area contributed by atoms with Gasteiger partial charge in [0.05, 0.1) is 0 Å². The normalized spacial score (nSPS) is 15.8. The second-order valence-corrected chi connectivity index (χ2v) is 5.92. The van der Waals surface area contributed by atoms with Crippen LogP contribution >= 0.6 is 0 Å². The van der Waals surface area contributed by atoms with Crippen molar-refractivity contribution in [2.75, 3.05) is 6.61 Å². The van der Waals surface area contributed by atoms with Crippen molar-refractivity contribution >= 4 is 0 Å². The van der Waals surface area contributed by atoms with E-state index in [0.717, 1.165) is 18.8 Å². The second kappa shape index (κ2) is 10.4. The zero-order valence-electron chi connectivity index (χ0n) is 12.8.